The maximum Gasteiger partial charge on any atom is 0.0885 e. The SMILES string of the molecule is c1ccc(-c2ccc(-c3cc(-c4ccc(-c5ccccn5)cc4)c(-c4ccc(-c5cnccn5)cc4)cc3-c3ccc(-c4cnccn4)cc3)cc2)nc1. The fourth-order valence-electron chi connectivity index (χ4n) is 6.80. The maximum absolute atomic E-state index is 4.58. The highest BCUT2D eigenvalue weighted by molar-refractivity contribution is 5.96. The van der Waals surface area contributed by atoms with Gasteiger partial charge in [0.15, 0.2) is 0 Å². The smallest absolute Gasteiger partial charge is 0.0885 e. The number of benzene rings is 5. The lowest BCUT2D eigenvalue weighted by atomic mass is 9.85. The van der Waals surface area contributed by atoms with Gasteiger partial charge in [0.25, 0.3) is 0 Å². The van der Waals surface area contributed by atoms with Gasteiger partial charge in [-0.2, -0.15) is 0 Å². The third-order valence-electron chi connectivity index (χ3n) is 9.58. The Hall–Kier alpha value is -7.44. The molecule has 0 aliphatic heterocycles. The molecule has 0 bridgehead atoms. The van der Waals surface area contributed by atoms with Gasteiger partial charge in [0, 0.05) is 59.4 Å². The van der Waals surface area contributed by atoms with Crippen molar-refractivity contribution >= 4 is 0 Å². The summed E-state index contributed by atoms with van der Waals surface area (Å²) in [7, 11) is 0. The van der Waals surface area contributed by atoms with E-state index >= 15 is 0 Å². The van der Waals surface area contributed by atoms with E-state index in [-0.39, 0.29) is 0 Å². The fourth-order valence-corrected chi connectivity index (χ4v) is 6.80. The molecule has 4 heterocycles. The summed E-state index contributed by atoms with van der Waals surface area (Å²) in [5.41, 5.74) is 16.6. The van der Waals surface area contributed by atoms with Crippen LogP contribution in [0.1, 0.15) is 0 Å². The van der Waals surface area contributed by atoms with Crippen molar-refractivity contribution < 1.29 is 0 Å². The Morgan fingerprint density at radius 1 is 0.241 bits per heavy atom. The Kier molecular flexibility index (Phi) is 8.81. The molecule has 0 atom stereocenters. The van der Waals surface area contributed by atoms with Crippen LogP contribution in [0.4, 0.5) is 0 Å². The van der Waals surface area contributed by atoms with E-state index in [1.54, 1.807) is 37.2 Å². The average Bonchev–Trinajstić information content (AvgIpc) is 3.27. The molecule has 0 unspecified atom stereocenters. The first-order chi connectivity index (χ1) is 26.8. The minimum Gasteiger partial charge on any atom is -0.261 e. The van der Waals surface area contributed by atoms with Crippen molar-refractivity contribution in [1.29, 1.82) is 0 Å². The summed E-state index contributed by atoms with van der Waals surface area (Å²) in [6.07, 6.45) is 14.1. The second kappa shape index (κ2) is 14.7. The first-order valence-electron chi connectivity index (χ1n) is 17.7. The molecular formula is C48H32N6. The van der Waals surface area contributed by atoms with Crippen LogP contribution in [-0.2, 0) is 0 Å². The van der Waals surface area contributed by atoms with Crippen LogP contribution in [0.2, 0.25) is 0 Å². The number of rotatable bonds is 8. The van der Waals surface area contributed by atoms with Crippen LogP contribution >= 0.6 is 0 Å². The summed E-state index contributed by atoms with van der Waals surface area (Å²) in [4.78, 5) is 26.8. The lowest BCUT2D eigenvalue weighted by Crippen LogP contribution is -1.94. The van der Waals surface area contributed by atoms with E-state index in [2.05, 4.69) is 139 Å². The predicted octanol–water partition coefficient (Wildman–Crippen LogP) is 11.4. The lowest BCUT2D eigenvalue weighted by Gasteiger charge is -2.19. The summed E-state index contributed by atoms with van der Waals surface area (Å²) < 4.78 is 0. The highest BCUT2D eigenvalue weighted by atomic mass is 14.8. The lowest BCUT2D eigenvalue weighted by molar-refractivity contribution is 1.21. The van der Waals surface area contributed by atoms with Gasteiger partial charge in [-0.1, -0.05) is 109 Å². The molecule has 0 aliphatic carbocycles. The first kappa shape index (κ1) is 32.5. The van der Waals surface area contributed by atoms with E-state index in [0.29, 0.717) is 0 Å². The van der Waals surface area contributed by atoms with Gasteiger partial charge in [-0.25, -0.2) is 0 Å². The molecule has 5 aromatic carbocycles. The van der Waals surface area contributed by atoms with Crippen molar-refractivity contribution in [2.24, 2.45) is 0 Å². The zero-order valence-electron chi connectivity index (χ0n) is 29.2. The zero-order valence-corrected chi connectivity index (χ0v) is 29.2. The Morgan fingerprint density at radius 3 is 0.815 bits per heavy atom. The second-order valence-electron chi connectivity index (χ2n) is 12.9. The molecule has 0 saturated heterocycles. The van der Waals surface area contributed by atoms with E-state index in [4.69, 9.17) is 0 Å². The minimum absolute atomic E-state index is 0.836. The number of pyridine rings is 2. The molecule has 54 heavy (non-hydrogen) atoms. The van der Waals surface area contributed by atoms with Gasteiger partial charge < -0.3 is 0 Å². The van der Waals surface area contributed by atoms with Crippen molar-refractivity contribution in [2.75, 3.05) is 0 Å². The van der Waals surface area contributed by atoms with Crippen molar-refractivity contribution in [3.05, 3.63) is 195 Å². The van der Waals surface area contributed by atoms with Gasteiger partial charge in [-0.05, 0) is 80.9 Å². The molecule has 4 aromatic heterocycles. The van der Waals surface area contributed by atoms with Gasteiger partial charge >= 0.3 is 0 Å². The van der Waals surface area contributed by atoms with Crippen LogP contribution in [-0.4, -0.2) is 29.9 Å². The molecule has 0 fully saturated rings. The van der Waals surface area contributed by atoms with Crippen LogP contribution < -0.4 is 0 Å². The van der Waals surface area contributed by atoms with Crippen molar-refractivity contribution in [3.8, 4) is 89.5 Å². The van der Waals surface area contributed by atoms with Crippen molar-refractivity contribution in [2.45, 2.75) is 0 Å². The quantitative estimate of drug-likeness (QED) is 0.158. The molecule has 254 valence electrons. The summed E-state index contributed by atoms with van der Waals surface area (Å²) >= 11 is 0. The summed E-state index contributed by atoms with van der Waals surface area (Å²) in [5.74, 6) is 0. The highest BCUT2D eigenvalue weighted by Gasteiger charge is 2.17. The van der Waals surface area contributed by atoms with E-state index in [1.165, 1.54) is 0 Å². The molecule has 6 nitrogen and oxygen atoms in total. The summed E-state index contributed by atoms with van der Waals surface area (Å²) in [5, 5.41) is 0. The maximum atomic E-state index is 4.58. The highest BCUT2D eigenvalue weighted by Crippen LogP contribution is 2.43. The van der Waals surface area contributed by atoms with Crippen LogP contribution in [0.3, 0.4) is 0 Å². The molecule has 9 rings (SSSR count). The largest absolute Gasteiger partial charge is 0.261 e. The van der Waals surface area contributed by atoms with Crippen molar-refractivity contribution in [1.82, 2.24) is 29.9 Å². The van der Waals surface area contributed by atoms with Crippen molar-refractivity contribution in [3.63, 3.8) is 0 Å². The van der Waals surface area contributed by atoms with Crippen LogP contribution in [0.25, 0.3) is 89.5 Å². The summed E-state index contributed by atoms with van der Waals surface area (Å²) in [6, 6.07) is 51.2. The van der Waals surface area contributed by atoms with Gasteiger partial charge in [0.1, 0.15) is 0 Å². The van der Waals surface area contributed by atoms with Gasteiger partial charge in [0.2, 0.25) is 0 Å². The Morgan fingerprint density at radius 2 is 0.537 bits per heavy atom. The van der Waals surface area contributed by atoms with E-state index in [1.807, 2.05) is 48.8 Å². The van der Waals surface area contributed by atoms with Gasteiger partial charge in [0.05, 0.1) is 35.2 Å². The molecule has 6 heteroatoms. The predicted molar refractivity (Wildman–Crippen MR) is 217 cm³/mol. The fraction of sp³-hybridized carbons (Fsp3) is 0. The molecule has 0 aliphatic rings. The number of hydrogen-bond acceptors (Lipinski definition) is 6. The van der Waals surface area contributed by atoms with Crippen LogP contribution in [0.15, 0.2) is 195 Å². The van der Waals surface area contributed by atoms with E-state index < -0.39 is 0 Å². The first-order valence-corrected chi connectivity index (χ1v) is 17.7. The number of nitrogens with zero attached hydrogens (tertiary/aromatic N) is 6. The Balaban J connectivity index is 1.23. The number of hydrogen-bond donors (Lipinski definition) is 0. The average molecular weight is 693 g/mol. The van der Waals surface area contributed by atoms with E-state index in [0.717, 1.165) is 89.5 Å². The summed E-state index contributed by atoms with van der Waals surface area (Å²) in [6.45, 7) is 0. The van der Waals surface area contributed by atoms with Gasteiger partial charge in [-0.15, -0.1) is 0 Å². The van der Waals surface area contributed by atoms with E-state index in [9.17, 15) is 0 Å². The standard InChI is InChI=1S/C48H32N6/c1-3-23-51-45(5-1)37-15-7-33(8-16-37)41-29-42(34-9-17-38(18-10-34)46-6-2-4-24-52-46)44(36-13-21-40(22-14-36)48-32-50-26-28-54-48)30-43(41)35-11-19-39(20-12-35)47-31-49-25-27-53-47/h1-32H. The zero-order chi connectivity index (χ0) is 36.1. The molecule has 0 N–H and O–H groups in total. The second-order valence-corrected chi connectivity index (χ2v) is 12.9. The molecule has 0 spiro atoms. The number of aromatic nitrogens is 6. The third-order valence-corrected chi connectivity index (χ3v) is 9.58. The molecule has 0 radical (unpaired) electrons. The molecule has 9 aromatic rings. The molecular weight excluding hydrogens is 661 g/mol. The minimum atomic E-state index is 0.836. The van der Waals surface area contributed by atoms with Crippen LogP contribution in [0.5, 0.6) is 0 Å². The Labute approximate surface area is 313 Å². The Bertz CT molecular complexity index is 2260. The molecule has 0 saturated carbocycles. The van der Waals surface area contributed by atoms with Crippen LogP contribution in [0, 0.1) is 0 Å². The monoisotopic (exact) mass is 692 g/mol. The van der Waals surface area contributed by atoms with Gasteiger partial charge in [-0.3, -0.25) is 29.9 Å². The molecule has 0 amide bonds. The topological polar surface area (TPSA) is 77.3 Å². The third kappa shape index (κ3) is 6.67. The normalized spacial score (nSPS) is 11.0.